The van der Waals surface area contributed by atoms with Gasteiger partial charge < -0.3 is 29.6 Å². The second kappa shape index (κ2) is 10.8. The number of ether oxygens (including phenoxy) is 4. The Morgan fingerprint density at radius 1 is 1.13 bits per heavy atom. The fourth-order valence-electron chi connectivity index (χ4n) is 5.15. The molecule has 2 fully saturated rings. The first-order valence-electron chi connectivity index (χ1n) is 12.7. The molecule has 39 heavy (non-hydrogen) atoms. The minimum absolute atomic E-state index is 0.175. The number of amides is 1. The molecule has 3 aliphatic heterocycles. The lowest BCUT2D eigenvalue weighted by molar-refractivity contribution is -0.249. The highest BCUT2D eigenvalue weighted by Gasteiger charge is 2.57. The molecule has 2 atom stereocenters. The highest BCUT2D eigenvalue weighted by atomic mass is 32.2. The summed E-state index contributed by atoms with van der Waals surface area (Å²) >= 11 is 3.14. The number of fused-ring (bicyclic) bond motifs is 1. The normalized spacial score (nSPS) is 23.2. The lowest BCUT2D eigenvalue weighted by atomic mass is 9.75. The van der Waals surface area contributed by atoms with Crippen LogP contribution in [0, 0.1) is 5.92 Å². The molecule has 0 aliphatic carbocycles. The van der Waals surface area contributed by atoms with Gasteiger partial charge in [-0.15, -0.1) is 11.3 Å². The molecule has 2 saturated heterocycles. The summed E-state index contributed by atoms with van der Waals surface area (Å²) in [6.45, 7) is 2.16. The number of carbonyl (C=O) groups excluding carboxylic acids is 1. The maximum absolute atomic E-state index is 12.9. The van der Waals surface area contributed by atoms with E-state index in [2.05, 4.69) is 10.6 Å². The number of thioether (sulfide) groups is 1. The number of hydrogen-bond donors (Lipinski definition) is 2. The average Bonchev–Trinajstić information content (AvgIpc) is 3.45. The number of hydrogen-bond acceptors (Lipinski definition) is 10. The van der Waals surface area contributed by atoms with Crippen molar-refractivity contribution in [3.63, 3.8) is 0 Å². The van der Waals surface area contributed by atoms with Crippen LogP contribution in [0.4, 0.5) is 5.82 Å². The number of thiazole rings is 1. The molecule has 9 nitrogen and oxygen atoms in total. The van der Waals surface area contributed by atoms with E-state index in [1.807, 2.05) is 41.8 Å². The predicted molar refractivity (Wildman–Crippen MR) is 152 cm³/mol. The van der Waals surface area contributed by atoms with Crippen LogP contribution in [0.25, 0.3) is 0 Å². The Morgan fingerprint density at radius 2 is 1.97 bits per heavy atom. The van der Waals surface area contributed by atoms with Gasteiger partial charge in [-0.3, -0.25) is 4.79 Å². The van der Waals surface area contributed by atoms with E-state index in [1.165, 1.54) is 0 Å². The topological polar surface area (TPSA) is 103 Å². The molecule has 204 valence electrons. The van der Waals surface area contributed by atoms with Crippen LogP contribution in [0.5, 0.6) is 11.5 Å². The molecule has 1 amide bonds. The summed E-state index contributed by atoms with van der Waals surface area (Å²) < 4.78 is 22.8. The van der Waals surface area contributed by atoms with Crippen molar-refractivity contribution >= 4 is 40.0 Å². The van der Waals surface area contributed by atoms with Gasteiger partial charge in [-0.25, -0.2) is 9.98 Å². The smallest absolute Gasteiger partial charge is 0.257 e. The monoisotopic (exact) mass is 566 g/mol. The van der Waals surface area contributed by atoms with E-state index in [9.17, 15) is 4.79 Å². The molecule has 0 bridgehead atoms. The molecule has 2 aromatic carbocycles. The Kier molecular flexibility index (Phi) is 7.23. The summed E-state index contributed by atoms with van der Waals surface area (Å²) in [4.78, 5) is 23.0. The van der Waals surface area contributed by atoms with Crippen LogP contribution < -0.4 is 20.1 Å². The van der Waals surface area contributed by atoms with E-state index < -0.39 is 5.54 Å². The molecule has 0 unspecified atom stereocenters. The largest absolute Gasteiger partial charge is 0.497 e. The van der Waals surface area contributed by atoms with E-state index in [1.54, 1.807) is 49.5 Å². The van der Waals surface area contributed by atoms with Crippen LogP contribution >= 0.6 is 23.1 Å². The zero-order valence-electron chi connectivity index (χ0n) is 21.8. The molecular weight excluding hydrogens is 536 g/mol. The van der Waals surface area contributed by atoms with Crippen molar-refractivity contribution < 1.29 is 23.7 Å². The van der Waals surface area contributed by atoms with Gasteiger partial charge in [0.1, 0.15) is 33.5 Å². The number of carbonyl (C=O) groups is 1. The van der Waals surface area contributed by atoms with Gasteiger partial charge in [0, 0.05) is 40.8 Å². The van der Waals surface area contributed by atoms with Gasteiger partial charge in [0.05, 0.1) is 34.0 Å². The number of amidine groups is 1. The van der Waals surface area contributed by atoms with Gasteiger partial charge in [-0.2, -0.15) is 0 Å². The molecule has 3 aromatic rings. The van der Waals surface area contributed by atoms with Gasteiger partial charge in [0.25, 0.3) is 5.91 Å². The first-order valence-corrected chi connectivity index (χ1v) is 14.6. The third-order valence-electron chi connectivity index (χ3n) is 7.43. The lowest BCUT2D eigenvalue weighted by Gasteiger charge is -2.53. The Morgan fingerprint density at radius 3 is 2.72 bits per heavy atom. The van der Waals surface area contributed by atoms with E-state index in [0.717, 1.165) is 40.1 Å². The molecule has 2 N–H and O–H groups in total. The second-order valence-corrected chi connectivity index (χ2v) is 11.8. The van der Waals surface area contributed by atoms with Crippen LogP contribution in [-0.4, -0.2) is 61.5 Å². The first kappa shape index (κ1) is 26.1. The van der Waals surface area contributed by atoms with E-state index >= 15 is 0 Å². The van der Waals surface area contributed by atoms with Crippen LogP contribution in [0.3, 0.4) is 0 Å². The quantitative estimate of drug-likeness (QED) is 0.436. The number of aromatic nitrogens is 1. The molecule has 1 aromatic heterocycles. The van der Waals surface area contributed by atoms with Crippen molar-refractivity contribution in [2.24, 2.45) is 10.9 Å². The van der Waals surface area contributed by atoms with Crippen molar-refractivity contribution in [2.75, 3.05) is 45.1 Å². The molecule has 4 heterocycles. The van der Waals surface area contributed by atoms with Crippen molar-refractivity contribution in [3.05, 3.63) is 70.0 Å². The fourth-order valence-corrected chi connectivity index (χ4v) is 7.28. The number of nitrogens with zero attached hydrogens (tertiary/aromatic N) is 2. The fraction of sp³-hybridized carbons (Fsp3) is 0.393. The molecule has 11 heteroatoms. The number of methoxy groups -OCH3 is 2. The summed E-state index contributed by atoms with van der Waals surface area (Å²) in [7, 11) is 3.28. The molecule has 1 spiro atoms. The summed E-state index contributed by atoms with van der Waals surface area (Å²) in [6, 6.07) is 14.9. The summed E-state index contributed by atoms with van der Waals surface area (Å²) in [5.74, 6) is 3.09. The standard InChI is InChI=1S/C28H30N4O5S2/c1-34-21-9-8-19(22(10-21)35-2)12-29-23-14-38-25(30-23)28-17-37-27(15-36-16-27)11-20(28)13-39-26(32-28)31-24(33)18-6-4-3-5-7-18/h3-10,14,20,29H,11-13,15-17H2,1-2H3,(H,31,32,33)/t20-,28-/m0/s1. The van der Waals surface area contributed by atoms with Gasteiger partial charge in [-0.1, -0.05) is 30.0 Å². The Hall–Kier alpha value is -3.12. The molecule has 0 saturated carbocycles. The van der Waals surface area contributed by atoms with Gasteiger partial charge in [0.2, 0.25) is 0 Å². The third-order valence-corrected chi connectivity index (χ3v) is 9.47. The second-order valence-electron chi connectivity index (χ2n) is 9.91. The minimum Gasteiger partial charge on any atom is -0.497 e. The number of benzene rings is 2. The molecule has 0 radical (unpaired) electrons. The van der Waals surface area contributed by atoms with Crippen molar-refractivity contribution in [1.29, 1.82) is 0 Å². The Labute approximate surface area is 235 Å². The Balaban J connectivity index is 1.25. The average molecular weight is 567 g/mol. The first-order chi connectivity index (χ1) is 19.0. The van der Waals surface area contributed by atoms with Gasteiger partial charge in [0.15, 0.2) is 5.17 Å². The molecule has 3 aliphatic rings. The van der Waals surface area contributed by atoms with Crippen molar-refractivity contribution in [1.82, 2.24) is 10.3 Å². The summed E-state index contributed by atoms with van der Waals surface area (Å²) in [6.07, 6.45) is 0.842. The maximum Gasteiger partial charge on any atom is 0.257 e. The zero-order valence-corrected chi connectivity index (χ0v) is 23.4. The van der Waals surface area contributed by atoms with E-state index in [4.69, 9.17) is 28.9 Å². The zero-order chi connectivity index (χ0) is 26.9. The molecular formula is C28H30N4O5S2. The summed E-state index contributed by atoms with van der Waals surface area (Å²) in [5.41, 5.74) is 0.679. The van der Waals surface area contributed by atoms with Crippen LogP contribution in [0.2, 0.25) is 0 Å². The maximum atomic E-state index is 12.9. The van der Waals surface area contributed by atoms with Crippen LogP contribution in [0.1, 0.15) is 27.3 Å². The van der Waals surface area contributed by atoms with Gasteiger partial charge >= 0.3 is 0 Å². The highest BCUT2D eigenvalue weighted by molar-refractivity contribution is 8.13. The number of aliphatic imine (C=N–C) groups is 1. The van der Waals surface area contributed by atoms with Crippen molar-refractivity contribution in [2.45, 2.75) is 24.1 Å². The molecule has 6 rings (SSSR count). The number of rotatable bonds is 7. The predicted octanol–water partition coefficient (Wildman–Crippen LogP) is 4.31. The Bertz CT molecular complexity index is 1380. The van der Waals surface area contributed by atoms with E-state index in [-0.39, 0.29) is 17.4 Å². The highest BCUT2D eigenvalue weighted by Crippen LogP contribution is 2.51. The van der Waals surface area contributed by atoms with Gasteiger partial charge in [-0.05, 0) is 30.7 Å². The summed E-state index contributed by atoms with van der Waals surface area (Å²) in [5, 5.41) is 9.92. The number of nitrogens with one attached hydrogen (secondary N) is 2. The van der Waals surface area contributed by atoms with Crippen LogP contribution in [-0.2, 0) is 21.6 Å². The number of anilines is 1. The van der Waals surface area contributed by atoms with E-state index in [0.29, 0.717) is 37.1 Å². The van der Waals surface area contributed by atoms with Crippen molar-refractivity contribution in [3.8, 4) is 11.5 Å². The minimum atomic E-state index is -0.673. The van der Waals surface area contributed by atoms with Crippen LogP contribution in [0.15, 0.2) is 58.9 Å². The lowest BCUT2D eigenvalue weighted by Crippen LogP contribution is -2.62. The SMILES string of the molecule is COc1ccc(CNc2csc([C@]34COC5(COC5)C[C@H]3CSC(NC(=O)c3ccccc3)=N4)n2)c(OC)c1. The third kappa shape index (κ3) is 5.11.